The van der Waals surface area contributed by atoms with Crippen LogP contribution in [-0.2, 0) is 16.1 Å². The highest BCUT2D eigenvalue weighted by Crippen LogP contribution is 2.15. The van der Waals surface area contributed by atoms with Crippen LogP contribution in [0.2, 0.25) is 0 Å². The molecule has 7 nitrogen and oxygen atoms in total. The van der Waals surface area contributed by atoms with E-state index in [0.29, 0.717) is 24.3 Å². The largest absolute Gasteiger partial charge is 0.353 e. The number of nitrogens with one attached hydrogen (secondary N) is 1. The van der Waals surface area contributed by atoms with E-state index >= 15 is 0 Å². The zero-order valence-corrected chi connectivity index (χ0v) is 12.7. The molecule has 1 aromatic carbocycles. The SMILES string of the molecule is O=C1CN(C(=O)Cn2nc(-c3ccc(F)cc3)ccc2=O)CCN1. The molecule has 2 heterocycles. The molecule has 1 aromatic heterocycles. The van der Waals surface area contributed by atoms with Gasteiger partial charge in [-0.25, -0.2) is 9.07 Å². The highest BCUT2D eigenvalue weighted by atomic mass is 19.1. The monoisotopic (exact) mass is 330 g/mol. The topological polar surface area (TPSA) is 84.3 Å². The molecule has 1 N–H and O–H groups in total. The van der Waals surface area contributed by atoms with Crippen LogP contribution < -0.4 is 10.9 Å². The van der Waals surface area contributed by atoms with Crippen molar-refractivity contribution in [1.82, 2.24) is 20.0 Å². The number of amides is 2. The van der Waals surface area contributed by atoms with Crippen molar-refractivity contribution in [3.05, 3.63) is 52.6 Å². The smallest absolute Gasteiger partial charge is 0.267 e. The van der Waals surface area contributed by atoms with Gasteiger partial charge < -0.3 is 10.2 Å². The molecule has 3 rings (SSSR count). The minimum absolute atomic E-state index is 0.0226. The van der Waals surface area contributed by atoms with Crippen molar-refractivity contribution in [1.29, 1.82) is 0 Å². The van der Waals surface area contributed by atoms with Gasteiger partial charge in [0, 0.05) is 24.7 Å². The number of benzene rings is 1. The summed E-state index contributed by atoms with van der Waals surface area (Å²) in [5.41, 5.74) is 0.671. The molecule has 8 heteroatoms. The fraction of sp³-hybridized carbons (Fsp3) is 0.250. The zero-order valence-electron chi connectivity index (χ0n) is 12.7. The second kappa shape index (κ2) is 6.61. The lowest BCUT2D eigenvalue weighted by Crippen LogP contribution is -2.51. The molecule has 1 aliphatic rings. The van der Waals surface area contributed by atoms with Crippen LogP contribution in [0.5, 0.6) is 0 Å². The molecule has 0 radical (unpaired) electrons. The predicted octanol–water partition coefficient (Wildman–Crippen LogP) is 0.00780. The molecule has 0 atom stereocenters. The molecule has 0 spiro atoms. The molecule has 0 unspecified atom stereocenters. The fourth-order valence-corrected chi connectivity index (χ4v) is 2.42. The van der Waals surface area contributed by atoms with Crippen LogP contribution in [0.1, 0.15) is 0 Å². The number of halogens is 1. The van der Waals surface area contributed by atoms with E-state index in [9.17, 15) is 18.8 Å². The average molecular weight is 330 g/mol. The molecule has 0 saturated carbocycles. The maximum absolute atomic E-state index is 13.0. The highest BCUT2D eigenvalue weighted by molar-refractivity contribution is 5.85. The molecule has 2 amide bonds. The molecule has 24 heavy (non-hydrogen) atoms. The molecule has 1 aliphatic heterocycles. The van der Waals surface area contributed by atoms with E-state index in [-0.39, 0.29) is 30.7 Å². The number of carbonyl (C=O) groups excluding carboxylic acids is 2. The van der Waals surface area contributed by atoms with E-state index in [1.54, 1.807) is 12.1 Å². The molecular formula is C16H15FN4O3. The average Bonchev–Trinajstić information content (AvgIpc) is 2.57. The van der Waals surface area contributed by atoms with Crippen molar-refractivity contribution in [2.24, 2.45) is 0 Å². The summed E-state index contributed by atoms with van der Waals surface area (Å²) in [6, 6.07) is 8.51. The zero-order chi connectivity index (χ0) is 17.1. The molecule has 124 valence electrons. The van der Waals surface area contributed by atoms with Crippen LogP contribution >= 0.6 is 0 Å². The van der Waals surface area contributed by atoms with E-state index < -0.39 is 5.56 Å². The first-order chi connectivity index (χ1) is 11.5. The first-order valence-corrected chi connectivity index (χ1v) is 7.41. The molecule has 1 fully saturated rings. The van der Waals surface area contributed by atoms with Crippen LogP contribution in [-0.4, -0.2) is 46.1 Å². The van der Waals surface area contributed by atoms with Gasteiger partial charge >= 0.3 is 0 Å². The summed E-state index contributed by atoms with van der Waals surface area (Å²) in [4.78, 5) is 36.9. The Labute approximate surface area is 136 Å². The predicted molar refractivity (Wildman–Crippen MR) is 83.5 cm³/mol. The molecule has 1 saturated heterocycles. The molecule has 0 bridgehead atoms. The Morgan fingerprint density at radius 1 is 1.17 bits per heavy atom. The van der Waals surface area contributed by atoms with Gasteiger partial charge in [0.2, 0.25) is 11.8 Å². The normalized spacial score (nSPS) is 14.4. The number of hydrogen-bond acceptors (Lipinski definition) is 4. The first kappa shape index (κ1) is 15.9. The van der Waals surface area contributed by atoms with Crippen LogP contribution in [0.4, 0.5) is 4.39 Å². The Morgan fingerprint density at radius 2 is 1.92 bits per heavy atom. The lowest BCUT2D eigenvalue weighted by atomic mass is 10.1. The summed E-state index contributed by atoms with van der Waals surface area (Å²) in [5.74, 6) is -0.948. The van der Waals surface area contributed by atoms with Gasteiger partial charge in [0.1, 0.15) is 12.4 Å². The fourth-order valence-electron chi connectivity index (χ4n) is 2.42. The maximum atomic E-state index is 13.0. The van der Waals surface area contributed by atoms with Crippen LogP contribution in [0.15, 0.2) is 41.2 Å². The van der Waals surface area contributed by atoms with Crippen LogP contribution in [0.25, 0.3) is 11.3 Å². The second-order valence-electron chi connectivity index (χ2n) is 5.39. The van der Waals surface area contributed by atoms with Gasteiger partial charge in [-0.15, -0.1) is 0 Å². The quantitative estimate of drug-likeness (QED) is 0.859. The number of carbonyl (C=O) groups is 2. The van der Waals surface area contributed by atoms with Crippen molar-refractivity contribution >= 4 is 11.8 Å². The summed E-state index contributed by atoms with van der Waals surface area (Å²) in [6.07, 6.45) is 0. The molecular weight excluding hydrogens is 315 g/mol. The minimum atomic E-state index is -0.421. The lowest BCUT2D eigenvalue weighted by molar-refractivity contribution is -0.138. The van der Waals surface area contributed by atoms with Gasteiger partial charge in [-0.05, 0) is 30.3 Å². The Bertz CT molecular complexity index is 832. The number of aromatic nitrogens is 2. The van der Waals surface area contributed by atoms with E-state index in [2.05, 4.69) is 10.4 Å². The minimum Gasteiger partial charge on any atom is -0.353 e. The van der Waals surface area contributed by atoms with Gasteiger partial charge in [0.15, 0.2) is 0 Å². The van der Waals surface area contributed by atoms with Gasteiger partial charge in [-0.2, -0.15) is 5.10 Å². The Balaban J connectivity index is 1.81. The van der Waals surface area contributed by atoms with Crippen LogP contribution in [0, 0.1) is 5.82 Å². The first-order valence-electron chi connectivity index (χ1n) is 7.41. The maximum Gasteiger partial charge on any atom is 0.267 e. The summed E-state index contributed by atoms with van der Waals surface area (Å²) in [6.45, 7) is 0.520. The lowest BCUT2D eigenvalue weighted by Gasteiger charge is -2.26. The summed E-state index contributed by atoms with van der Waals surface area (Å²) < 4.78 is 14.0. The third-order valence-corrected chi connectivity index (χ3v) is 3.68. The number of hydrogen-bond donors (Lipinski definition) is 1. The van der Waals surface area contributed by atoms with E-state index in [1.165, 1.54) is 29.2 Å². The van der Waals surface area contributed by atoms with E-state index in [1.807, 2.05) is 0 Å². The van der Waals surface area contributed by atoms with Crippen molar-refractivity contribution in [2.75, 3.05) is 19.6 Å². The number of piperazine rings is 1. The summed E-state index contributed by atoms with van der Waals surface area (Å²) in [5, 5.41) is 6.79. The third-order valence-electron chi connectivity index (χ3n) is 3.68. The third kappa shape index (κ3) is 3.48. The Morgan fingerprint density at radius 3 is 2.62 bits per heavy atom. The van der Waals surface area contributed by atoms with Gasteiger partial charge in [-0.3, -0.25) is 14.4 Å². The highest BCUT2D eigenvalue weighted by Gasteiger charge is 2.21. The Hall–Kier alpha value is -3.03. The van der Waals surface area contributed by atoms with E-state index in [4.69, 9.17) is 0 Å². The molecule has 2 aromatic rings. The number of rotatable bonds is 3. The standard InChI is InChI=1S/C16H15FN4O3/c17-12-3-1-11(2-4-12)13-5-6-15(23)21(19-13)10-16(24)20-8-7-18-14(22)9-20/h1-6H,7-10H2,(H,18,22). The van der Waals surface area contributed by atoms with Gasteiger partial charge in [-0.1, -0.05) is 0 Å². The summed E-state index contributed by atoms with van der Waals surface area (Å²) >= 11 is 0. The van der Waals surface area contributed by atoms with Gasteiger partial charge in [0.25, 0.3) is 5.56 Å². The van der Waals surface area contributed by atoms with Crippen molar-refractivity contribution in [2.45, 2.75) is 6.54 Å². The molecule has 0 aliphatic carbocycles. The van der Waals surface area contributed by atoms with Crippen molar-refractivity contribution in [3.63, 3.8) is 0 Å². The second-order valence-corrected chi connectivity index (χ2v) is 5.39. The number of nitrogens with zero attached hydrogens (tertiary/aromatic N) is 3. The van der Waals surface area contributed by atoms with Crippen LogP contribution in [0.3, 0.4) is 0 Å². The Kier molecular flexibility index (Phi) is 4.37. The van der Waals surface area contributed by atoms with Crippen molar-refractivity contribution < 1.29 is 14.0 Å². The van der Waals surface area contributed by atoms with E-state index in [0.717, 1.165) is 4.68 Å². The summed E-state index contributed by atoms with van der Waals surface area (Å²) in [7, 11) is 0. The van der Waals surface area contributed by atoms with Gasteiger partial charge in [0.05, 0.1) is 12.2 Å². The van der Waals surface area contributed by atoms with Crippen molar-refractivity contribution in [3.8, 4) is 11.3 Å².